The average molecular weight is 332 g/mol. The third-order valence-electron chi connectivity index (χ3n) is 4.37. The molecular weight excluding hydrogens is 308 g/mol. The highest BCUT2D eigenvalue weighted by molar-refractivity contribution is 5.76. The monoisotopic (exact) mass is 332 g/mol. The quantitative estimate of drug-likeness (QED) is 0.874. The van der Waals surface area contributed by atoms with Crippen LogP contribution in [0.5, 0.6) is 0 Å². The Labute approximate surface area is 140 Å². The number of nitrogens with one attached hydrogen (secondary N) is 2. The number of carbonyl (C=O) groups is 1. The number of aromatic nitrogens is 4. The maximum absolute atomic E-state index is 12.1. The fraction of sp³-hybridized carbons (Fsp3) is 0.625. The van der Waals surface area contributed by atoms with Crippen molar-refractivity contribution in [2.24, 2.45) is 13.0 Å². The molecule has 0 atom stereocenters. The summed E-state index contributed by atoms with van der Waals surface area (Å²) < 4.78 is 1.59. The molecule has 3 rings (SSSR count). The lowest BCUT2D eigenvalue weighted by molar-refractivity contribution is -0.132. The van der Waals surface area contributed by atoms with Crippen LogP contribution in [0.25, 0.3) is 11.0 Å². The number of rotatable bonds is 4. The summed E-state index contributed by atoms with van der Waals surface area (Å²) in [6.07, 6.45) is 3.81. The molecule has 0 aromatic carbocycles. The molecule has 2 aromatic rings. The van der Waals surface area contributed by atoms with Crippen LogP contribution in [0.1, 0.15) is 33.1 Å². The molecule has 1 fully saturated rings. The molecule has 0 saturated carbocycles. The van der Waals surface area contributed by atoms with Crippen molar-refractivity contribution in [1.82, 2.24) is 24.6 Å². The lowest BCUT2D eigenvalue weighted by Gasteiger charge is -2.33. The standard InChI is InChI=1S/C16H24N6O2/c1-10(2)8-13(23)22-6-4-11(5-7-22)18-16-19-14-12(15(24)20-16)9-17-21(14)3/h9-11H,4-8H2,1-3H3,(H2,18,19,20,24). The van der Waals surface area contributed by atoms with Crippen LogP contribution in [0.15, 0.2) is 11.0 Å². The molecule has 130 valence electrons. The summed E-state index contributed by atoms with van der Waals surface area (Å²) in [5, 5.41) is 7.83. The van der Waals surface area contributed by atoms with Crippen LogP contribution in [0, 0.1) is 5.92 Å². The van der Waals surface area contributed by atoms with Gasteiger partial charge in [-0.25, -0.2) is 0 Å². The van der Waals surface area contributed by atoms with Crippen LogP contribution in [0.2, 0.25) is 0 Å². The molecule has 24 heavy (non-hydrogen) atoms. The second-order valence-corrected chi connectivity index (χ2v) is 6.82. The molecule has 3 heterocycles. The van der Waals surface area contributed by atoms with Gasteiger partial charge in [0.05, 0.1) is 6.20 Å². The van der Waals surface area contributed by atoms with E-state index in [4.69, 9.17) is 0 Å². The summed E-state index contributed by atoms with van der Waals surface area (Å²) >= 11 is 0. The van der Waals surface area contributed by atoms with E-state index in [0.717, 1.165) is 25.9 Å². The molecular formula is C16H24N6O2. The summed E-state index contributed by atoms with van der Waals surface area (Å²) in [4.78, 5) is 33.3. The summed E-state index contributed by atoms with van der Waals surface area (Å²) in [5.41, 5.74) is 0.367. The van der Waals surface area contributed by atoms with E-state index in [-0.39, 0.29) is 17.5 Å². The Hall–Kier alpha value is -2.38. The predicted molar refractivity (Wildman–Crippen MR) is 91.8 cm³/mol. The maximum atomic E-state index is 12.1. The molecule has 1 amide bonds. The molecule has 2 aromatic heterocycles. The molecule has 1 aliphatic heterocycles. The van der Waals surface area contributed by atoms with Crippen LogP contribution < -0.4 is 10.9 Å². The van der Waals surface area contributed by atoms with Crippen molar-refractivity contribution in [3.05, 3.63) is 16.6 Å². The van der Waals surface area contributed by atoms with Gasteiger partial charge in [-0.15, -0.1) is 0 Å². The van der Waals surface area contributed by atoms with Gasteiger partial charge in [0.15, 0.2) is 5.65 Å². The van der Waals surface area contributed by atoms with E-state index in [9.17, 15) is 9.59 Å². The van der Waals surface area contributed by atoms with Gasteiger partial charge in [-0.1, -0.05) is 13.8 Å². The zero-order valence-corrected chi connectivity index (χ0v) is 14.4. The first-order valence-electron chi connectivity index (χ1n) is 8.40. The van der Waals surface area contributed by atoms with Crippen molar-refractivity contribution in [1.29, 1.82) is 0 Å². The second kappa shape index (κ2) is 6.62. The SMILES string of the molecule is CC(C)CC(=O)N1CCC(Nc2nc3c(cnn3C)c(=O)[nH]2)CC1. The molecule has 0 bridgehead atoms. The summed E-state index contributed by atoms with van der Waals surface area (Å²) in [6, 6.07) is 0.196. The van der Waals surface area contributed by atoms with E-state index < -0.39 is 0 Å². The number of piperidine rings is 1. The first kappa shape index (κ1) is 16.5. The predicted octanol–water partition coefficient (Wildman–Crippen LogP) is 1.11. The van der Waals surface area contributed by atoms with Crippen molar-refractivity contribution < 1.29 is 4.79 Å². The Balaban J connectivity index is 1.63. The Morgan fingerprint density at radius 3 is 2.79 bits per heavy atom. The molecule has 0 aliphatic carbocycles. The van der Waals surface area contributed by atoms with Crippen molar-refractivity contribution in [2.75, 3.05) is 18.4 Å². The van der Waals surface area contributed by atoms with E-state index in [1.165, 1.54) is 6.20 Å². The Bertz CT molecular complexity index is 785. The fourth-order valence-corrected chi connectivity index (χ4v) is 3.05. The number of hydrogen-bond donors (Lipinski definition) is 2. The first-order chi connectivity index (χ1) is 11.4. The third kappa shape index (κ3) is 3.42. The lowest BCUT2D eigenvalue weighted by Crippen LogP contribution is -2.43. The molecule has 2 N–H and O–H groups in total. The largest absolute Gasteiger partial charge is 0.353 e. The molecule has 0 spiro atoms. The van der Waals surface area contributed by atoms with Crippen LogP contribution in [-0.4, -0.2) is 49.7 Å². The van der Waals surface area contributed by atoms with E-state index in [1.54, 1.807) is 11.7 Å². The number of hydrogen-bond acceptors (Lipinski definition) is 5. The Morgan fingerprint density at radius 1 is 1.42 bits per heavy atom. The third-order valence-corrected chi connectivity index (χ3v) is 4.37. The maximum Gasteiger partial charge on any atom is 0.263 e. The van der Waals surface area contributed by atoms with Crippen LogP contribution >= 0.6 is 0 Å². The molecule has 0 radical (unpaired) electrons. The zero-order valence-electron chi connectivity index (χ0n) is 14.4. The molecule has 1 saturated heterocycles. The minimum absolute atomic E-state index is 0.194. The highest BCUT2D eigenvalue weighted by Crippen LogP contribution is 2.16. The van der Waals surface area contributed by atoms with Gasteiger partial charge in [0.2, 0.25) is 11.9 Å². The van der Waals surface area contributed by atoms with Crippen molar-refractivity contribution in [2.45, 2.75) is 39.2 Å². The zero-order chi connectivity index (χ0) is 17.3. The number of amides is 1. The molecule has 8 nitrogen and oxygen atoms in total. The van der Waals surface area contributed by atoms with E-state index >= 15 is 0 Å². The highest BCUT2D eigenvalue weighted by Gasteiger charge is 2.23. The van der Waals surface area contributed by atoms with Crippen molar-refractivity contribution >= 4 is 22.9 Å². The van der Waals surface area contributed by atoms with Gasteiger partial charge >= 0.3 is 0 Å². The Kier molecular flexibility index (Phi) is 4.55. The van der Waals surface area contributed by atoms with Crippen LogP contribution in [0.4, 0.5) is 5.95 Å². The van der Waals surface area contributed by atoms with Gasteiger partial charge < -0.3 is 10.2 Å². The number of aryl methyl sites for hydroxylation is 1. The fourth-order valence-electron chi connectivity index (χ4n) is 3.05. The van der Waals surface area contributed by atoms with Gasteiger partial charge in [-0.2, -0.15) is 10.1 Å². The van der Waals surface area contributed by atoms with Crippen LogP contribution in [-0.2, 0) is 11.8 Å². The average Bonchev–Trinajstić information content (AvgIpc) is 2.89. The molecule has 0 unspecified atom stereocenters. The van der Waals surface area contributed by atoms with Gasteiger partial charge in [0.25, 0.3) is 5.56 Å². The van der Waals surface area contributed by atoms with Gasteiger partial charge in [0, 0.05) is 32.6 Å². The minimum Gasteiger partial charge on any atom is -0.353 e. The van der Waals surface area contributed by atoms with Gasteiger partial charge in [0.1, 0.15) is 5.39 Å². The normalized spacial score (nSPS) is 16.1. The summed E-state index contributed by atoms with van der Waals surface area (Å²) in [7, 11) is 1.76. The van der Waals surface area contributed by atoms with Crippen LogP contribution in [0.3, 0.4) is 0 Å². The molecule has 1 aliphatic rings. The second-order valence-electron chi connectivity index (χ2n) is 6.82. The lowest BCUT2D eigenvalue weighted by atomic mass is 10.0. The Morgan fingerprint density at radius 2 is 2.12 bits per heavy atom. The van der Waals surface area contributed by atoms with Crippen molar-refractivity contribution in [3.63, 3.8) is 0 Å². The number of fused-ring (bicyclic) bond motifs is 1. The summed E-state index contributed by atoms with van der Waals surface area (Å²) in [6.45, 7) is 5.59. The smallest absolute Gasteiger partial charge is 0.263 e. The van der Waals surface area contributed by atoms with Gasteiger partial charge in [-0.05, 0) is 18.8 Å². The van der Waals surface area contributed by atoms with E-state index in [0.29, 0.717) is 29.3 Å². The molecule has 8 heteroatoms. The van der Waals surface area contributed by atoms with Gasteiger partial charge in [-0.3, -0.25) is 19.3 Å². The number of H-pyrrole nitrogens is 1. The number of anilines is 1. The number of carbonyl (C=O) groups excluding carboxylic acids is 1. The highest BCUT2D eigenvalue weighted by atomic mass is 16.2. The van der Waals surface area contributed by atoms with Crippen molar-refractivity contribution in [3.8, 4) is 0 Å². The van der Waals surface area contributed by atoms with E-state index in [2.05, 4.69) is 34.2 Å². The topological polar surface area (TPSA) is 95.9 Å². The number of likely N-dealkylation sites (tertiary alicyclic amines) is 1. The number of nitrogens with zero attached hydrogens (tertiary/aromatic N) is 4. The first-order valence-corrected chi connectivity index (χ1v) is 8.40. The summed E-state index contributed by atoms with van der Waals surface area (Å²) in [5.74, 6) is 1.07. The minimum atomic E-state index is -0.194. The number of aromatic amines is 1. The van der Waals surface area contributed by atoms with E-state index in [1.807, 2.05) is 4.90 Å².